The molecular weight excluding hydrogens is 246 g/mol. The van der Waals surface area contributed by atoms with Crippen LogP contribution in [0.1, 0.15) is 29.5 Å². The van der Waals surface area contributed by atoms with Gasteiger partial charge in [-0.1, -0.05) is 13.0 Å². The average molecular weight is 265 g/mol. The van der Waals surface area contributed by atoms with Gasteiger partial charge in [-0.15, -0.1) is 11.3 Å². The zero-order valence-corrected chi connectivity index (χ0v) is 11.5. The summed E-state index contributed by atoms with van der Waals surface area (Å²) in [5, 5.41) is 5.40. The van der Waals surface area contributed by atoms with E-state index in [2.05, 4.69) is 23.7 Å². The molecule has 0 fully saturated rings. The van der Waals surface area contributed by atoms with Crippen molar-refractivity contribution in [2.75, 3.05) is 6.54 Å². The molecule has 18 heavy (non-hydrogen) atoms. The Bertz CT molecular complexity index is 436. The predicted octanol–water partition coefficient (Wildman–Crippen LogP) is 3.56. The van der Waals surface area contributed by atoms with Crippen LogP contribution in [0.4, 0.5) is 0 Å². The van der Waals surface area contributed by atoms with Crippen molar-refractivity contribution in [1.82, 2.24) is 5.32 Å². The zero-order valence-electron chi connectivity index (χ0n) is 10.6. The van der Waals surface area contributed by atoms with Crippen molar-refractivity contribution < 1.29 is 9.15 Å². The van der Waals surface area contributed by atoms with Gasteiger partial charge in [-0.2, -0.15) is 0 Å². The van der Waals surface area contributed by atoms with E-state index in [1.54, 1.807) is 17.6 Å². The van der Waals surface area contributed by atoms with Crippen LogP contribution in [0, 0.1) is 0 Å². The van der Waals surface area contributed by atoms with Crippen LogP contribution >= 0.6 is 11.3 Å². The maximum Gasteiger partial charge on any atom is 0.123 e. The average Bonchev–Trinajstić information content (AvgIpc) is 3.02. The van der Waals surface area contributed by atoms with E-state index >= 15 is 0 Å². The van der Waals surface area contributed by atoms with E-state index in [1.165, 1.54) is 4.88 Å². The predicted molar refractivity (Wildman–Crippen MR) is 73.5 cm³/mol. The summed E-state index contributed by atoms with van der Waals surface area (Å²) in [7, 11) is 0. The quantitative estimate of drug-likeness (QED) is 0.741. The highest BCUT2D eigenvalue weighted by Gasteiger charge is 2.06. The first kappa shape index (κ1) is 13.3. The standard InChI is InChI=1S/C14H19NO2S/c1-2-6-15-9-14-12(5-7-17-14)10-16-11-13-4-3-8-18-13/h3-5,7-8,15H,2,6,9-11H2,1H3. The normalized spacial score (nSPS) is 10.9. The summed E-state index contributed by atoms with van der Waals surface area (Å²) in [5.41, 5.74) is 1.13. The third-order valence-corrected chi connectivity index (χ3v) is 3.48. The van der Waals surface area contributed by atoms with Crippen molar-refractivity contribution in [3.05, 3.63) is 46.0 Å². The highest BCUT2D eigenvalue weighted by Crippen LogP contribution is 2.14. The van der Waals surface area contributed by atoms with Crippen molar-refractivity contribution in [2.45, 2.75) is 33.1 Å². The lowest BCUT2D eigenvalue weighted by Crippen LogP contribution is -2.14. The van der Waals surface area contributed by atoms with Gasteiger partial charge in [0.25, 0.3) is 0 Å². The molecule has 0 spiro atoms. The molecule has 2 heterocycles. The zero-order chi connectivity index (χ0) is 12.6. The second kappa shape index (κ2) is 7.36. The van der Waals surface area contributed by atoms with Gasteiger partial charge in [-0.05, 0) is 30.5 Å². The number of ether oxygens (including phenoxy) is 1. The lowest BCUT2D eigenvalue weighted by molar-refractivity contribution is 0.108. The Hall–Kier alpha value is -1.10. The van der Waals surface area contributed by atoms with Gasteiger partial charge in [-0.3, -0.25) is 0 Å². The van der Waals surface area contributed by atoms with Crippen LogP contribution in [-0.2, 0) is 24.5 Å². The van der Waals surface area contributed by atoms with Crippen LogP contribution in [0.15, 0.2) is 34.3 Å². The van der Waals surface area contributed by atoms with Crippen LogP contribution < -0.4 is 5.32 Å². The molecule has 98 valence electrons. The van der Waals surface area contributed by atoms with Gasteiger partial charge in [0.1, 0.15) is 5.76 Å². The molecule has 2 aromatic rings. The summed E-state index contributed by atoms with van der Waals surface area (Å²) < 4.78 is 11.2. The van der Waals surface area contributed by atoms with Gasteiger partial charge in [0.15, 0.2) is 0 Å². The van der Waals surface area contributed by atoms with E-state index in [-0.39, 0.29) is 0 Å². The minimum absolute atomic E-state index is 0.609. The number of furan rings is 1. The van der Waals surface area contributed by atoms with Gasteiger partial charge < -0.3 is 14.5 Å². The van der Waals surface area contributed by atoms with Gasteiger partial charge in [0.05, 0.1) is 26.0 Å². The molecule has 0 aliphatic carbocycles. The fourth-order valence-electron chi connectivity index (χ4n) is 1.69. The molecule has 0 bridgehead atoms. The molecular formula is C14H19NO2S. The van der Waals surface area contributed by atoms with E-state index in [9.17, 15) is 0 Å². The summed E-state index contributed by atoms with van der Waals surface area (Å²) in [6.07, 6.45) is 2.86. The maximum atomic E-state index is 5.69. The van der Waals surface area contributed by atoms with Crippen molar-refractivity contribution >= 4 is 11.3 Å². The lowest BCUT2D eigenvalue weighted by Gasteiger charge is -2.05. The molecule has 4 heteroatoms. The highest BCUT2D eigenvalue weighted by atomic mass is 32.1. The highest BCUT2D eigenvalue weighted by molar-refractivity contribution is 7.09. The SMILES string of the molecule is CCCNCc1occc1COCc1cccs1. The first-order valence-electron chi connectivity index (χ1n) is 6.26. The minimum atomic E-state index is 0.609. The number of hydrogen-bond donors (Lipinski definition) is 1. The largest absolute Gasteiger partial charge is 0.468 e. The molecule has 0 aromatic carbocycles. The summed E-state index contributed by atoms with van der Waals surface area (Å²) in [6, 6.07) is 6.11. The van der Waals surface area contributed by atoms with Crippen LogP contribution in [0.25, 0.3) is 0 Å². The molecule has 0 atom stereocenters. The third kappa shape index (κ3) is 3.98. The maximum absolute atomic E-state index is 5.69. The molecule has 0 radical (unpaired) electrons. The number of thiophene rings is 1. The first-order valence-corrected chi connectivity index (χ1v) is 7.14. The number of nitrogens with one attached hydrogen (secondary N) is 1. The van der Waals surface area contributed by atoms with Crippen molar-refractivity contribution in [1.29, 1.82) is 0 Å². The first-order chi connectivity index (χ1) is 8.90. The van der Waals surface area contributed by atoms with E-state index < -0.39 is 0 Å². The Morgan fingerprint density at radius 1 is 1.33 bits per heavy atom. The molecule has 3 nitrogen and oxygen atoms in total. The molecule has 0 amide bonds. The van der Waals surface area contributed by atoms with Gasteiger partial charge in [0, 0.05) is 10.4 Å². The Morgan fingerprint density at radius 2 is 2.28 bits per heavy atom. The summed E-state index contributed by atoms with van der Waals surface area (Å²) in [4.78, 5) is 1.25. The summed E-state index contributed by atoms with van der Waals surface area (Å²) in [5.74, 6) is 0.981. The Morgan fingerprint density at radius 3 is 3.06 bits per heavy atom. The van der Waals surface area contributed by atoms with Crippen LogP contribution in [0.5, 0.6) is 0 Å². The summed E-state index contributed by atoms with van der Waals surface area (Å²) >= 11 is 1.72. The Labute approximate surface area is 112 Å². The molecule has 0 aliphatic heterocycles. The molecule has 2 rings (SSSR count). The Balaban J connectivity index is 1.76. The summed E-state index contributed by atoms with van der Waals surface area (Å²) in [6.45, 7) is 5.22. The van der Waals surface area contributed by atoms with Crippen molar-refractivity contribution in [3.63, 3.8) is 0 Å². The topological polar surface area (TPSA) is 34.4 Å². The number of hydrogen-bond acceptors (Lipinski definition) is 4. The monoisotopic (exact) mass is 265 g/mol. The second-order valence-corrected chi connectivity index (χ2v) is 5.15. The fraction of sp³-hybridized carbons (Fsp3) is 0.429. The third-order valence-electron chi connectivity index (χ3n) is 2.63. The van der Waals surface area contributed by atoms with E-state index in [0.29, 0.717) is 13.2 Å². The van der Waals surface area contributed by atoms with Crippen LogP contribution in [0.2, 0.25) is 0 Å². The van der Waals surface area contributed by atoms with Crippen molar-refractivity contribution in [2.24, 2.45) is 0 Å². The van der Waals surface area contributed by atoms with Gasteiger partial charge >= 0.3 is 0 Å². The minimum Gasteiger partial charge on any atom is -0.468 e. The van der Waals surface area contributed by atoms with E-state index in [1.807, 2.05) is 12.1 Å². The second-order valence-electron chi connectivity index (χ2n) is 4.12. The molecule has 2 aromatic heterocycles. The van der Waals surface area contributed by atoms with Crippen LogP contribution in [-0.4, -0.2) is 6.54 Å². The molecule has 1 N–H and O–H groups in total. The molecule has 0 saturated heterocycles. The fourth-order valence-corrected chi connectivity index (χ4v) is 2.33. The van der Waals surface area contributed by atoms with Crippen LogP contribution in [0.3, 0.4) is 0 Å². The van der Waals surface area contributed by atoms with Gasteiger partial charge in [-0.25, -0.2) is 0 Å². The molecule has 0 saturated carbocycles. The lowest BCUT2D eigenvalue weighted by atomic mass is 10.2. The smallest absolute Gasteiger partial charge is 0.123 e. The van der Waals surface area contributed by atoms with Gasteiger partial charge in [0.2, 0.25) is 0 Å². The Kier molecular flexibility index (Phi) is 5.45. The van der Waals surface area contributed by atoms with Crippen molar-refractivity contribution in [3.8, 4) is 0 Å². The van der Waals surface area contributed by atoms with E-state index in [4.69, 9.17) is 9.15 Å². The molecule has 0 unspecified atom stereocenters. The molecule has 0 aliphatic rings. The van der Waals surface area contributed by atoms with E-state index in [0.717, 1.165) is 30.8 Å². The number of rotatable bonds is 8.